The third kappa shape index (κ3) is 29.1. The highest BCUT2D eigenvalue weighted by Crippen LogP contribution is 2.30. The normalized spacial score (nSPS) is 10.1. The van der Waals surface area contributed by atoms with Crippen molar-refractivity contribution in [2.75, 3.05) is 6.54 Å². The first-order valence-corrected chi connectivity index (χ1v) is 28.8. The number of nitrogens with zero attached hydrogens (tertiary/aromatic N) is 5. The molecule has 0 saturated carbocycles. The molecule has 0 aliphatic carbocycles. The number of hydrogen-bond acceptors (Lipinski definition) is 5. The van der Waals surface area contributed by atoms with Crippen LogP contribution in [0.2, 0.25) is 0 Å². The highest BCUT2D eigenvalue weighted by molar-refractivity contribution is 7.88. The Morgan fingerprint density at radius 2 is 1.22 bits per heavy atom. The summed E-state index contributed by atoms with van der Waals surface area (Å²) in [7, 11) is 4.56. The molecule has 0 fully saturated rings. The van der Waals surface area contributed by atoms with Crippen LogP contribution < -0.4 is 14.6 Å². The number of nitrogens with one attached hydrogen (secondary N) is 7. The van der Waals surface area contributed by atoms with Crippen LogP contribution in [-0.4, -0.2) is 63.4 Å². The molecule has 4 aromatic heterocycles. The Balaban J connectivity index is 0.000000325. The third-order valence-corrected chi connectivity index (χ3v) is 12.3. The van der Waals surface area contributed by atoms with E-state index in [1.807, 2.05) is 199 Å². The number of H-pyrrole nitrogens is 4. The predicted octanol–water partition coefficient (Wildman–Crippen LogP) is 13.8. The van der Waals surface area contributed by atoms with Gasteiger partial charge in [-0.3, -0.25) is 4.99 Å². The summed E-state index contributed by atoms with van der Waals surface area (Å²) in [6.45, 7) is 29.2. The molecule has 0 saturated heterocycles. The molecule has 2 aliphatic rings. The van der Waals surface area contributed by atoms with Gasteiger partial charge >= 0.3 is 0 Å². The number of hydrogen-bond donors (Lipinski definition) is 7. The quantitative estimate of drug-likeness (QED) is 0.0403. The summed E-state index contributed by atoms with van der Waals surface area (Å²) < 4.78 is 7.47. The number of aryl methyl sites for hydroxylation is 8. The van der Waals surface area contributed by atoms with E-state index < -0.39 is 0 Å². The van der Waals surface area contributed by atoms with Crippen LogP contribution in [0, 0.1) is 53.9 Å². The van der Waals surface area contributed by atoms with Gasteiger partial charge in [0, 0.05) is 74.7 Å². The minimum atomic E-state index is 0.968. The number of aromatic nitrogens is 7. The molecule has 85 heavy (non-hydrogen) atoms. The van der Waals surface area contributed by atoms with E-state index in [9.17, 15) is 0 Å². The van der Waals surface area contributed by atoms with Crippen molar-refractivity contribution in [1.29, 1.82) is 6.53 Å². The summed E-state index contributed by atoms with van der Waals surface area (Å²) in [6.07, 6.45) is 20.0. The molecule has 7 aromatic carbocycles. The first kappa shape index (κ1) is 70.1. The number of aromatic amines is 4. The van der Waals surface area contributed by atoms with Gasteiger partial charge in [0.05, 0.1) is 37.9 Å². The van der Waals surface area contributed by atoms with Gasteiger partial charge < -0.3 is 35.7 Å². The van der Waals surface area contributed by atoms with Crippen molar-refractivity contribution >= 4 is 98.8 Å². The van der Waals surface area contributed by atoms with Crippen molar-refractivity contribution in [2.24, 2.45) is 12.0 Å². The second kappa shape index (κ2) is 43.5. The minimum Gasteiger partial charge on any atom is -0.684 e. The van der Waals surface area contributed by atoms with E-state index in [4.69, 9.17) is 20.0 Å². The van der Waals surface area contributed by atoms with Crippen LogP contribution in [0.15, 0.2) is 231 Å². The smallest absolute Gasteiger partial charge is 0.241 e. The Bertz CT molecular complexity index is 3370. The fraction of sp³-hybridized carbons (Fsp3) is 0.157. The highest BCUT2D eigenvalue weighted by atomic mass is 32.4. The van der Waals surface area contributed by atoms with Crippen LogP contribution in [0.5, 0.6) is 0 Å². The zero-order valence-electron chi connectivity index (χ0n) is 51.1. The van der Waals surface area contributed by atoms with Crippen molar-refractivity contribution in [3.8, 4) is 0 Å². The molecule has 7 N–H and O–H groups in total. The zero-order valence-corrected chi connectivity index (χ0v) is 52.8. The van der Waals surface area contributed by atoms with Crippen LogP contribution in [0.3, 0.4) is 0 Å². The fourth-order valence-corrected chi connectivity index (χ4v) is 7.39. The van der Waals surface area contributed by atoms with Crippen molar-refractivity contribution < 1.29 is 14.6 Å². The van der Waals surface area contributed by atoms with E-state index in [2.05, 4.69) is 158 Å². The van der Waals surface area contributed by atoms with Crippen LogP contribution in [-0.2, 0) is 31.7 Å². The predicted molar refractivity (Wildman–Crippen MR) is 370 cm³/mol. The van der Waals surface area contributed by atoms with E-state index in [0.717, 1.165) is 53.4 Å². The summed E-state index contributed by atoms with van der Waals surface area (Å²) in [5.41, 5.74) is 18.7. The lowest BCUT2D eigenvalue weighted by molar-refractivity contribution is -0.676. The van der Waals surface area contributed by atoms with Gasteiger partial charge in [-0.2, -0.15) is 13.4 Å². The molecule has 0 spiro atoms. The number of aliphatic imine (C=N–C) groups is 1. The van der Waals surface area contributed by atoms with Crippen molar-refractivity contribution in [3.05, 3.63) is 293 Å². The summed E-state index contributed by atoms with van der Waals surface area (Å²) in [5, 5.41) is 12.5. The molecule has 13 rings (SSSR count). The van der Waals surface area contributed by atoms with Gasteiger partial charge in [0.15, 0.2) is 0 Å². The molecule has 15 heteroatoms. The molecule has 6 heterocycles. The van der Waals surface area contributed by atoms with Gasteiger partial charge in [0.2, 0.25) is 6.33 Å². The van der Waals surface area contributed by atoms with Gasteiger partial charge in [-0.05, 0) is 88.0 Å². The van der Waals surface area contributed by atoms with E-state index >= 15 is 0 Å². The minimum absolute atomic E-state index is 0.968. The average molecular weight is 1190 g/mol. The van der Waals surface area contributed by atoms with Gasteiger partial charge in [0.25, 0.3) is 0 Å². The Kier molecular flexibility index (Phi) is 35.8. The maximum absolute atomic E-state index is 6.92. The second-order valence-corrected chi connectivity index (χ2v) is 18.7. The van der Waals surface area contributed by atoms with Crippen molar-refractivity contribution in [1.82, 2.24) is 29.9 Å². The Morgan fingerprint density at radius 3 is 1.65 bits per heavy atom. The lowest BCUT2D eigenvalue weighted by Crippen LogP contribution is -2.58. The lowest BCUT2D eigenvalue weighted by Gasteiger charge is -2.10. The summed E-state index contributed by atoms with van der Waals surface area (Å²) in [5.74, 6) is 0. The fourth-order valence-electron chi connectivity index (χ4n) is 7.39. The molecular formula is C70H83N12PS2. The second-order valence-electron chi connectivity index (χ2n) is 18.7. The average Bonchev–Trinajstić information content (AvgIpc) is 4.50. The number of imidazole rings is 3. The molecule has 0 bridgehead atoms. The number of para-hydroxylation sites is 5. The molecule has 11 aromatic rings. The molecule has 12 nitrogen and oxygen atoms in total. The molecule has 0 unspecified atom stereocenters. The van der Waals surface area contributed by atoms with Crippen LogP contribution in [0.25, 0.3) is 22.3 Å². The standard InChI is InChI=1S/C9H10.C8H8N.2C8H7N.3C8H9N.C5H8N2.2C4H6N2.HPS.H2S/c1-3-9-7-5-4-6-8(9)2;3*1-2-4-8-7(3-1)5-6-9-8;2*1-7-5-3-4-6-8(7)9-2;1-7-3-2-4-8(5-7)6-9;1-5-3-6-4-7(5)2;2*1-4-2-5-3-6-4;1-2;/h3-7H,1H2,2H3;1-4H,5-6H2;1-4,6H,5H2;1-6,9H;3*2-6,9H,1H3;3-4H,1-2H3;2*2-3H,1H3,(H,5,6);1H;1H2/q;-1;;;;;;;;;;/p+1/i/hD. The topological polar surface area (TPSA) is 171 Å². The molecule has 440 valence electrons. The van der Waals surface area contributed by atoms with E-state index in [1.165, 1.54) is 67.4 Å². The van der Waals surface area contributed by atoms with Gasteiger partial charge in [-0.1, -0.05) is 218 Å². The lowest BCUT2D eigenvalue weighted by atomic mass is 10.1. The van der Waals surface area contributed by atoms with Crippen LogP contribution in [0.4, 0.5) is 22.7 Å². The van der Waals surface area contributed by atoms with Gasteiger partial charge in [-0.15, -0.1) is 12.2 Å². The molecular weight excluding hydrogens is 1100 g/mol. The molecule has 0 radical (unpaired) electrons. The summed E-state index contributed by atoms with van der Waals surface area (Å²) in [6, 6.07) is 58.6. The largest absolute Gasteiger partial charge is 0.684 e. The van der Waals surface area contributed by atoms with E-state index in [1.54, 1.807) is 25.0 Å². The Morgan fingerprint density at radius 1 is 0.671 bits per heavy atom. The van der Waals surface area contributed by atoms with Crippen LogP contribution >= 0.6 is 21.4 Å². The highest BCUT2D eigenvalue weighted by Gasteiger charge is 2.02. The van der Waals surface area contributed by atoms with Crippen molar-refractivity contribution in [2.45, 2.75) is 61.3 Å². The number of benzene rings is 7. The third-order valence-electron chi connectivity index (χ3n) is 12.3. The zero-order chi connectivity index (χ0) is 63.2. The van der Waals surface area contributed by atoms with Crippen LogP contribution in [0.1, 0.15) is 61.6 Å². The number of fused-ring (bicyclic) bond motifs is 3. The van der Waals surface area contributed by atoms with E-state index in [0.29, 0.717) is 0 Å². The molecule has 0 atom stereocenters. The Labute approximate surface area is 519 Å². The first-order chi connectivity index (χ1) is 41.8. The maximum atomic E-state index is 6.92. The van der Waals surface area contributed by atoms with Gasteiger partial charge in [0.1, 0.15) is 11.9 Å². The maximum Gasteiger partial charge on any atom is 0.241 e. The number of rotatable bonds is 4. The Hall–Kier alpha value is -9.20. The van der Waals surface area contributed by atoms with E-state index in [-0.39, 0.29) is 0 Å². The monoisotopic (exact) mass is 1190 g/mol. The molecule has 0 amide bonds. The van der Waals surface area contributed by atoms with Gasteiger partial charge in [-0.25, -0.2) is 19.5 Å². The molecule has 2 aliphatic heterocycles. The van der Waals surface area contributed by atoms with Crippen molar-refractivity contribution in [3.63, 3.8) is 0 Å². The SMILES string of the molecule is C1=Nc2ccccc2C1.C=Cc1ccccc1C.Cc1c[nH]c[n+]1C.Cc1cccc(C=N)c1.Cc1cnc[nH]1.Cc1cnc[nH]1.P=S.[2H]S.[CH-]=[NH+]c1ccccc1C.[CH-]=[NH+]c1ccccc1C.c1ccc2[nH]ccc2c1.c1ccc2c(c1)CC[N-]2. The summed E-state index contributed by atoms with van der Waals surface area (Å²) in [4.78, 5) is 28.8. The first-order valence-electron chi connectivity index (χ1n) is 27.6. The summed E-state index contributed by atoms with van der Waals surface area (Å²) >= 11 is 6.67.